The van der Waals surface area contributed by atoms with Crippen molar-refractivity contribution in [3.63, 3.8) is 0 Å². The van der Waals surface area contributed by atoms with Gasteiger partial charge in [0.25, 0.3) is 0 Å². The molecule has 12 heavy (non-hydrogen) atoms. The Hall–Kier alpha value is -1.69. The summed E-state index contributed by atoms with van der Waals surface area (Å²) < 4.78 is 10.3. The van der Waals surface area contributed by atoms with Gasteiger partial charge in [-0.15, -0.1) is 0 Å². The van der Waals surface area contributed by atoms with Gasteiger partial charge in [-0.05, 0) is 18.6 Å². The number of rotatable bonds is 0. The average Bonchev–Trinajstić information content (AvgIpc) is 2.49. The molecule has 2 rings (SSSR count). The number of nitriles is 1. The number of fused-ring (bicyclic) bond motifs is 1. The van der Waals surface area contributed by atoms with E-state index in [1.165, 1.54) is 0 Å². The third-order valence-electron chi connectivity index (χ3n) is 1.84. The highest BCUT2D eigenvalue weighted by molar-refractivity contribution is 5.52. The van der Waals surface area contributed by atoms with Crippen molar-refractivity contribution < 1.29 is 9.47 Å². The van der Waals surface area contributed by atoms with Crippen molar-refractivity contribution in [1.82, 2.24) is 0 Å². The summed E-state index contributed by atoms with van der Waals surface area (Å²) >= 11 is 0. The zero-order valence-electron chi connectivity index (χ0n) is 6.63. The second kappa shape index (κ2) is 2.42. The van der Waals surface area contributed by atoms with Gasteiger partial charge in [-0.1, -0.05) is 0 Å². The molecule has 0 fully saturated rings. The molecule has 0 saturated heterocycles. The van der Waals surface area contributed by atoms with Gasteiger partial charge < -0.3 is 9.47 Å². The van der Waals surface area contributed by atoms with Gasteiger partial charge >= 0.3 is 0 Å². The maximum absolute atomic E-state index is 8.70. The van der Waals surface area contributed by atoms with Crippen LogP contribution in [0.5, 0.6) is 11.5 Å². The van der Waals surface area contributed by atoms with E-state index in [-0.39, 0.29) is 6.79 Å². The smallest absolute Gasteiger partial charge is 0.231 e. The van der Waals surface area contributed by atoms with Crippen molar-refractivity contribution in [1.29, 1.82) is 5.26 Å². The second-order valence-corrected chi connectivity index (χ2v) is 2.63. The fraction of sp³-hybridized carbons (Fsp3) is 0.222. The predicted molar refractivity (Wildman–Crippen MR) is 42.0 cm³/mol. The van der Waals surface area contributed by atoms with Gasteiger partial charge in [0.05, 0.1) is 11.6 Å². The van der Waals surface area contributed by atoms with E-state index in [0.717, 1.165) is 11.3 Å². The van der Waals surface area contributed by atoms with Gasteiger partial charge in [0.2, 0.25) is 6.79 Å². The molecule has 1 aliphatic rings. The molecular weight excluding hydrogens is 154 g/mol. The van der Waals surface area contributed by atoms with Crippen LogP contribution in [0.3, 0.4) is 0 Å². The molecule has 0 N–H and O–H groups in total. The number of hydrogen-bond acceptors (Lipinski definition) is 3. The molecule has 60 valence electrons. The third-order valence-corrected chi connectivity index (χ3v) is 1.84. The highest BCUT2D eigenvalue weighted by Crippen LogP contribution is 2.34. The Bertz CT molecular complexity index is 365. The van der Waals surface area contributed by atoms with Crippen molar-refractivity contribution in [2.45, 2.75) is 6.92 Å². The summed E-state index contributed by atoms with van der Waals surface area (Å²) in [4.78, 5) is 0. The molecule has 1 heterocycles. The van der Waals surface area contributed by atoms with Crippen LogP contribution >= 0.6 is 0 Å². The quantitative estimate of drug-likeness (QED) is 0.580. The Morgan fingerprint density at radius 3 is 2.67 bits per heavy atom. The van der Waals surface area contributed by atoms with Crippen molar-refractivity contribution in [2.24, 2.45) is 0 Å². The molecule has 3 heteroatoms. The lowest BCUT2D eigenvalue weighted by molar-refractivity contribution is 0.174. The van der Waals surface area contributed by atoms with Crippen LogP contribution in [0.25, 0.3) is 0 Å². The first-order valence-corrected chi connectivity index (χ1v) is 3.61. The molecule has 0 aromatic heterocycles. The average molecular weight is 161 g/mol. The van der Waals surface area contributed by atoms with Crippen LogP contribution in [0.15, 0.2) is 12.1 Å². The Labute approximate surface area is 70.1 Å². The van der Waals surface area contributed by atoms with Crippen molar-refractivity contribution in [3.05, 3.63) is 23.3 Å². The van der Waals surface area contributed by atoms with Gasteiger partial charge in [-0.2, -0.15) is 5.26 Å². The van der Waals surface area contributed by atoms with Crippen LogP contribution in [0.1, 0.15) is 11.1 Å². The standard InChI is InChI=1S/C9H7NO2/c1-6-2-8-9(12-5-11-8)3-7(6)4-10/h2-3H,5H2,1H3. The highest BCUT2D eigenvalue weighted by atomic mass is 16.7. The molecule has 0 atom stereocenters. The Morgan fingerprint density at radius 1 is 1.33 bits per heavy atom. The summed E-state index contributed by atoms with van der Waals surface area (Å²) in [6.07, 6.45) is 0. The number of nitrogens with zero attached hydrogens (tertiary/aromatic N) is 1. The van der Waals surface area contributed by atoms with Crippen LogP contribution in [-0.4, -0.2) is 6.79 Å². The van der Waals surface area contributed by atoms with Crippen molar-refractivity contribution >= 4 is 0 Å². The molecule has 1 aliphatic heterocycles. The zero-order chi connectivity index (χ0) is 8.55. The summed E-state index contributed by atoms with van der Waals surface area (Å²) in [5, 5.41) is 8.70. The maximum Gasteiger partial charge on any atom is 0.231 e. The Kier molecular flexibility index (Phi) is 1.41. The van der Waals surface area contributed by atoms with E-state index < -0.39 is 0 Å². The summed E-state index contributed by atoms with van der Waals surface area (Å²) in [6.45, 7) is 2.13. The lowest BCUT2D eigenvalue weighted by atomic mass is 10.1. The Balaban J connectivity index is 2.59. The number of aryl methyl sites for hydroxylation is 1. The van der Waals surface area contributed by atoms with Crippen molar-refractivity contribution in [2.75, 3.05) is 6.79 Å². The van der Waals surface area contributed by atoms with Crippen LogP contribution in [0.2, 0.25) is 0 Å². The summed E-state index contributed by atoms with van der Waals surface area (Å²) in [5.41, 5.74) is 1.56. The highest BCUT2D eigenvalue weighted by Gasteiger charge is 2.14. The molecule has 1 aromatic carbocycles. The third kappa shape index (κ3) is 0.892. The lowest BCUT2D eigenvalue weighted by Crippen LogP contribution is -1.92. The molecule has 0 aliphatic carbocycles. The van der Waals surface area contributed by atoms with E-state index in [9.17, 15) is 0 Å². The normalized spacial score (nSPS) is 12.7. The molecule has 0 saturated carbocycles. The van der Waals surface area contributed by atoms with Crippen LogP contribution in [-0.2, 0) is 0 Å². The minimum Gasteiger partial charge on any atom is -0.454 e. The predicted octanol–water partition coefficient (Wildman–Crippen LogP) is 1.60. The zero-order valence-corrected chi connectivity index (χ0v) is 6.63. The number of ether oxygens (including phenoxy) is 2. The van der Waals surface area contributed by atoms with Gasteiger partial charge in [0, 0.05) is 6.07 Å². The molecule has 0 amide bonds. The monoisotopic (exact) mass is 161 g/mol. The van der Waals surface area contributed by atoms with E-state index in [1.54, 1.807) is 6.07 Å². The van der Waals surface area contributed by atoms with Crippen LogP contribution in [0, 0.1) is 18.3 Å². The van der Waals surface area contributed by atoms with Gasteiger partial charge in [-0.25, -0.2) is 0 Å². The molecule has 0 unspecified atom stereocenters. The van der Waals surface area contributed by atoms with E-state index in [1.807, 2.05) is 13.0 Å². The first-order chi connectivity index (χ1) is 5.81. The molecule has 1 aromatic rings. The molecular formula is C9H7NO2. The van der Waals surface area contributed by atoms with Crippen LogP contribution in [0.4, 0.5) is 0 Å². The summed E-state index contributed by atoms with van der Waals surface area (Å²) in [5.74, 6) is 1.39. The molecule has 3 nitrogen and oxygen atoms in total. The van der Waals surface area contributed by atoms with E-state index >= 15 is 0 Å². The van der Waals surface area contributed by atoms with Gasteiger partial charge in [-0.3, -0.25) is 0 Å². The maximum atomic E-state index is 8.70. The largest absolute Gasteiger partial charge is 0.454 e. The van der Waals surface area contributed by atoms with E-state index in [2.05, 4.69) is 6.07 Å². The van der Waals surface area contributed by atoms with E-state index in [0.29, 0.717) is 11.3 Å². The SMILES string of the molecule is Cc1cc2c(cc1C#N)OCO2. The summed E-state index contributed by atoms with van der Waals surface area (Å²) in [6, 6.07) is 5.62. The topological polar surface area (TPSA) is 42.2 Å². The fourth-order valence-corrected chi connectivity index (χ4v) is 1.16. The van der Waals surface area contributed by atoms with Gasteiger partial charge in [0.1, 0.15) is 0 Å². The summed E-state index contributed by atoms with van der Waals surface area (Å²) in [7, 11) is 0. The molecule has 0 radical (unpaired) electrons. The first kappa shape index (κ1) is 6.99. The first-order valence-electron chi connectivity index (χ1n) is 3.61. The number of benzene rings is 1. The van der Waals surface area contributed by atoms with Crippen LogP contribution < -0.4 is 9.47 Å². The second-order valence-electron chi connectivity index (χ2n) is 2.63. The molecule has 0 spiro atoms. The Morgan fingerprint density at radius 2 is 2.00 bits per heavy atom. The fourth-order valence-electron chi connectivity index (χ4n) is 1.16. The van der Waals surface area contributed by atoms with E-state index in [4.69, 9.17) is 14.7 Å². The minimum atomic E-state index is 0.254. The van der Waals surface area contributed by atoms with Gasteiger partial charge in [0.15, 0.2) is 11.5 Å². The van der Waals surface area contributed by atoms with Crippen molar-refractivity contribution in [3.8, 4) is 17.6 Å². The number of hydrogen-bond donors (Lipinski definition) is 0. The minimum absolute atomic E-state index is 0.254. The lowest BCUT2D eigenvalue weighted by Gasteiger charge is -1.98. The molecule has 0 bridgehead atoms.